The predicted octanol–water partition coefficient (Wildman–Crippen LogP) is 6.92. The summed E-state index contributed by atoms with van der Waals surface area (Å²) in [4.78, 5) is 17.4. The standard InChI is InChI=1S/C30H34Cl2N2O2.ClH/c1-33(22-23-8-4-2-5-9-23)29(35)21-25(24-12-13-27(31)28(32)20-24)14-17-34-18-15-30(36,16-19-34)26-10-6-3-7-11-26;/h2-13,20,25,36H,14-19,21-22H2,1H3;1H. The Morgan fingerprint density at radius 1 is 0.973 bits per heavy atom. The first kappa shape index (κ1) is 29.5. The van der Waals surface area contributed by atoms with E-state index in [2.05, 4.69) is 4.90 Å². The Bertz CT molecular complexity index is 1140. The molecule has 7 heteroatoms. The van der Waals surface area contributed by atoms with Crippen molar-refractivity contribution in [2.75, 3.05) is 26.7 Å². The van der Waals surface area contributed by atoms with E-state index in [0.717, 1.165) is 42.7 Å². The van der Waals surface area contributed by atoms with Crippen molar-refractivity contribution in [1.82, 2.24) is 9.80 Å². The highest BCUT2D eigenvalue weighted by atomic mass is 35.5. The summed E-state index contributed by atoms with van der Waals surface area (Å²) in [6, 6.07) is 25.7. The molecule has 1 heterocycles. The number of amides is 1. The van der Waals surface area contributed by atoms with Crippen molar-refractivity contribution in [3.05, 3.63) is 106 Å². The molecule has 3 aromatic rings. The highest BCUT2D eigenvalue weighted by Gasteiger charge is 2.34. The maximum Gasteiger partial charge on any atom is 0.223 e. The van der Waals surface area contributed by atoms with Crippen LogP contribution in [0.5, 0.6) is 0 Å². The first-order valence-corrected chi connectivity index (χ1v) is 13.3. The van der Waals surface area contributed by atoms with Crippen molar-refractivity contribution < 1.29 is 9.90 Å². The van der Waals surface area contributed by atoms with Gasteiger partial charge >= 0.3 is 0 Å². The van der Waals surface area contributed by atoms with Gasteiger partial charge in [0.1, 0.15) is 0 Å². The fourth-order valence-electron chi connectivity index (χ4n) is 4.99. The number of rotatable bonds is 9. The lowest BCUT2D eigenvalue weighted by molar-refractivity contribution is -0.130. The number of hydrogen-bond acceptors (Lipinski definition) is 3. The molecule has 0 saturated carbocycles. The van der Waals surface area contributed by atoms with Crippen LogP contribution >= 0.6 is 35.6 Å². The Morgan fingerprint density at radius 2 is 1.59 bits per heavy atom. The Labute approximate surface area is 236 Å². The summed E-state index contributed by atoms with van der Waals surface area (Å²) in [7, 11) is 1.86. The normalized spacial score (nSPS) is 16.0. The molecule has 4 rings (SSSR count). The number of halogens is 3. The minimum absolute atomic E-state index is 0. The lowest BCUT2D eigenvalue weighted by Gasteiger charge is -2.39. The number of piperidine rings is 1. The van der Waals surface area contributed by atoms with Gasteiger partial charge < -0.3 is 14.9 Å². The lowest BCUT2D eigenvalue weighted by atomic mass is 9.84. The molecule has 1 saturated heterocycles. The van der Waals surface area contributed by atoms with Crippen molar-refractivity contribution >= 4 is 41.5 Å². The summed E-state index contributed by atoms with van der Waals surface area (Å²) in [6.45, 7) is 3.08. The van der Waals surface area contributed by atoms with Crippen LogP contribution < -0.4 is 0 Å². The van der Waals surface area contributed by atoms with Gasteiger partial charge in [-0.05, 0) is 60.5 Å². The molecule has 4 nitrogen and oxygen atoms in total. The largest absolute Gasteiger partial charge is 0.385 e. The highest BCUT2D eigenvalue weighted by molar-refractivity contribution is 6.42. The van der Waals surface area contributed by atoms with Crippen molar-refractivity contribution in [2.24, 2.45) is 0 Å². The van der Waals surface area contributed by atoms with Crippen LogP contribution in [0.1, 0.15) is 48.3 Å². The summed E-state index contributed by atoms with van der Waals surface area (Å²) < 4.78 is 0. The van der Waals surface area contributed by atoms with Crippen molar-refractivity contribution in [3.8, 4) is 0 Å². The van der Waals surface area contributed by atoms with E-state index in [1.807, 2.05) is 85.9 Å². The van der Waals surface area contributed by atoms with Crippen molar-refractivity contribution in [2.45, 2.75) is 43.7 Å². The third-order valence-corrected chi connectivity index (χ3v) is 8.05. The minimum atomic E-state index is -0.767. The number of carbonyl (C=O) groups excluding carboxylic acids is 1. The van der Waals surface area contributed by atoms with Crippen LogP contribution in [0.4, 0.5) is 0 Å². The van der Waals surface area contributed by atoms with E-state index in [-0.39, 0.29) is 24.2 Å². The molecule has 0 spiro atoms. The topological polar surface area (TPSA) is 43.8 Å². The number of aliphatic hydroxyl groups is 1. The van der Waals surface area contributed by atoms with Gasteiger partial charge in [0.2, 0.25) is 5.91 Å². The summed E-state index contributed by atoms with van der Waals surface area (Å²) in [5, 5.41) is 12.2. The van der Waals surface area contributed by atoms with Gasteiger partial charge in [-0.3, -0.25) is 4.79 Å². The maximum atomic E-state index is 13.2. The molecule has 3 aromatic carbocycles. The number of benzene rings is 3. The van der Waals surface area contributed by atoms with Gasteiger partial charge in [-0.1, -0.05) is 89.9 Å². The second-order valence-corrected chi connectivity index (χ2v) is 10.7. The quantitative estimate of drug-likeness (QED) is 0.308. The summed E-state index contributed by atoms with van der Waals surface area (Å²) in [6.07, 6.45) is 2.64. The Kier molecular flexibility index (Phi) is 10.9. The van der Waals surface area contributed by atoms with E-state index in [4.69, 9.17) is 23.2 Å². The average Bonchev–Trinajstić information content (AvgIpc) is 2.90. The smallest absolute Gasteiger partial charge is 0.223 e. The van der Waals surface area contributed by atoms with E-state index in [9.17, 15) is 9.90 Å². The Balaban J connectivity index is 0.00000380. The zero-order valence-corrected chi connectivity index (χ0v) is 23.5. The van der Waals surface area contributed by atoms with Gasteiger partial charge in [0.15, 0.2) is 0 Å². The van der Waals surface area contributed by atoms with Crippen LogP contribution in [-0.4, -0.2) is 47.5 Å². The fraction of sp³-hybridized carbons (Fsp3) is 0.367. The van der Waals surface area contributed by atoms with Crippen LogP contribution in [0.15, 0.2) is 78.9 Å². The summed E-state index contributed by atoms with van der Waals surface area (Å²) in [5.74, 6) is 0.132. The van der Waals surface area contributed by atoms with Crippen LogP contribution in [0.3, 0.4) is 0 Å². The van der Waals surface area contributed by atoms with Crippen molar-refractivity contribution in [1.29, 1.82) is 0 Å². The molecular weight excluding hydrogens is 527 g/mol. The van der Waals surface area contributed by atoms with Crippen LogP contribution in [0.25, 0.3) is 0 Å². The highest BCUT2D eigenvalue weighted by Crippen LogP contribution is 2.34. The molecule has 1 fully saturated rings. The molecule has 1 unspecified atom stereocenters. The minimum Gasteiger partial charge on any atom is -0.385 e. The SMILES string of the molecule is CN(Cc1ccccc1)C(=O)CC(CCN1CCC(O)(c2ccccc2)CC1)c1ccc(Cl)c(Cl)c1.Cl. The second-order valence-electron chi connectivity index (χ2n) is 9.84. The number of carbonyl (C=O) groups is 1. The monoisotopic (exact) mass is 560 g/mol. The number of hydrogen-bond donors (Lipinski definition) is 1. The molecular formula is C30H35Cl3N2O2. The number of nitrogens with zero attached hydrogens (tertiary/aromatic N) is 2. The summed E-state index contributed by atoms with van der Waals surface area (Å²) >= 11 is 12.5. The molecule has 0 aliphatic carbocycles. The van der Waals surface area contributed by atoms with E-state index in [1.165, 1.54) is 0 Å². The van der Waals surface area contributed by atoms with E-state index < -0.39 is 5.60 Å². The first-order chi connectivity index (χ1) is 17.3. The third kappa shape index (κ3) is 7.95. The molecule has 198 valence electrons. The van der Waals surface area contributed by atoms with E-state index in [0.29, 0.717) is 35.9 Å². The van der Waals surface area contributed by atoms with E-state index in [1.54, 1.807) is 4.90 Å². The maximum absolute atomic E-state index is 13.2. The molecule has 0 radical (unpaired) electrons. The average molecular weight is 562 g/mol. The molecule has 1 aliphatic rings. The molecule has 37 heavy (non-hydrogen) atoms. The lowest BCUT2D eigenvalue weighted by Crippen LogP contribution is -2.43. The van der Waals surface area contributed by atoms with Gasteiger partial charge in [-0.15, -0.1) is 12.4 Å². The Morgan fingerprint density at radius 3 is 2.22 bits per heavy atom. The van der Waals surface area contributed by atoms with E-state index >= 15 is 0 Å². The van der Waals surface area contributed by atoms with Gasteiger partial charge in [-0.2, -0.15) is 0 Å². The zero-order chi connectivity index (χ0) is 25.5. The van der Waals surface area contributed by atoms with Gasteiger partial charge in [0.25, 0.3) is 0 Å². The molecule has 0 aromatic heterocycles. The molecule has 1 amide bonds. The predicted molar refractivity (Wildman–Crippen MR) is 155 cm³/mol. The van der Waals surface area contributed by atoms with Gasteiger partial charge in [0, 0.05) is 33.1 Å². The summed E-state index contributed by atoms with van der Waals surface area (Å²) in [5.41, 5.74) is 2.37. The van der Waals surface area contributed by atoms with Gasteiger partial charge in [0.05, 0.1) is 15.6 Å². The molecule has 1 aliphatic heterocycles. The number of likely N-dealkylation sites (tertiary alicyclic amines) is 1. The van der Waals surface area contributed by atoms with Crippen LogP contribution in [0.2, 0.25) is 10.0 Å². The Hall–Kier alpha value is -2.08. The second kappa shape index (κ2) is 13.6. The zero-order valence-electron chi connectivity index (χ0n) is 21.2. The van der Waals surface area contributed by atoms with Crippen LogP contribution in [0, 0.1) is 0 Å². The molecule has 1 atom stereocenters. The van der Waals surface area contributed by atoms with Crippen LogP contribution in [-0.2, 0) is 16.9 Å². The molecule has 0 bridgehead atoms. The fourth-order valence-corrected chi connectivity index (χ4v) is 5.29. The molecule has 1 N–H and O–H groups in total. The van der Waals surface area contributed by atoms with Gasteiger partial charge in [-0.25, -0.2) is 0 Å². The third-order valence-electron chi connectivity index (χ3n) is 7.31. The van der Waals surface area contributed by atoms with Crippen molar-refractivity contribution in [3.63, 3.8) is 0 Å². The first-order valence-electron chi connectivity index (χ1n) is 12.6.